The lowest BCUT2D eigenvalue weighted by molar-refractivity contribution is -0.137. The first-order valence-electron chi connectivity index (χ1n) is 15.8. The number of aromatic nitrogens is 2. The first-order valence-corrected chi connectivity index (χ1v) is 16.9. The highest BCUT2D eigenvalue weighted by Gasteiger charge is 2.82. The summed E-state index contributed by atoms with van der Waals surface area (Å²) in [6.45, 7) is 11.8. The Labute approximate surface area is 266 Å². The summed E-state index contributed by atoms with van der Waals surface area (Å²) in [5.41, 5.74) is 10.5. The molecule has 2 aromatic rings. The van der Waals surface area contributed by atoms with Crippen molar-refractivity contribution in [1.82, 2.24) is 20.6 Å². The van der Waals surface area contributed by atoms with Crippen LogP contribution in [0, 0.1) is 31.6 Å². The number of H-pyrrole nitrogens is 2. The largest absolute Gasteiger partial charge is 0.481 e. The molecule has 1 saturated carbocycles. The molecule has 10 nitrogen and oxygen atoms in total. The predicted octanol–water partition coefficient (Wildman–Crippen LogP) is 2.29. The molecular weight excluding hydrogens is 592 g/mol. The van der Waals surface area contributed by atoms with Crippen LogP contribution < -0.4 is 10.6 Å². The molecular formula is C34H41N4O6S+. The minimum Gasteiger partial charge on any atom is -0.481 e. The molecule has 1 aliphatic carbocycles. The van der Waals surface area contributed by atoms with Crippen LogP contribution in [0.1, 0.15) is 65.3 Å². The zero-order chi connectivity index (χ0) is 31.9. The summed E-state index contributed by atoms with van der Waals surface area (Å²) in [6, 6.07) is -0.148. The fraction of sp³-hybridized carbons (Fsp3) is 0.500. The molecule has 0 aromatic carbocycles. The van der Waals surface area contributed by atoms with E-state index in [4.69, 9.17) is 4.74 Å². The number of allylic oxidation sites excluding steroid dienone is 1. The van der Waals surface area contributed by atoms with E-state index in [2.05, 4.69) is 40.2 Å². The Bertz CT molecular complexity index is 1710. The Kier molecular flexibility index (Phi) is 7.22. The van der Waals surface area contributed by atoms with Crippen molar-refractivity contribution < 1.29 is 29.3 Å². The lowest BCUT2D eigenvalue weighted by Gasteiger charge is -2.12. The van der Waals surface area contributed by atoms with Crippen molar-refractivity contribution in [3.8, 4) is 0 Å². The van der Waals surface area contributed by atoms with E-state index in [1.165, 1.54) is 11.8 Å². The van der Waals surface area contributed by atoms with Crippen LogP contribution in [-0.2, 0) is 56.6 Å². The number of carboxylic acids is 1. The lowest BCUT2D eigenvalue weighted by Crippen LogP contribution is -2.30. The maximum Gasteiger partial charge on any atom is 0.303 e. The van der Waals surface area contributed by atoms with Gasteiger partial charge < -0.3 is 35.6 Å². The van der Waals surface area contributed by atoms with Crippen LogP contribution in [0.15, 0.2) is 29.5 Å². The third kappa shape index (κ3) is 5.18. The fourth-order valence-corrected chi connectivity index (χ4v) is 8.54. The van der Waals surface area contributed by atoms with Crippen LogP contribution in [0.2, 0.25) is 0 Å². The summed E-state index contributed by atoms with van der Waals surface area (Å²) in [4.78, 5) is 44.0. The number of carbonyl (C=O) groups is 3. The van der Waals surface area contributed by atoms with Gasteiger partial charge in [0.15, 0.2) is 16.8 Å². The van der Waals surface area contributed by atoms with Gasteiger partial charge in [-0.2, -0.15) is 0 Å². The zero-order valence-electron chi connectivity index (χ0n) is 26.0. The summed E-state index contributed by atoms with van der Waals surface area (Å²) in [5.74, 6) is -0.676. The monoisotopic (exact) mass is 633 g/mol. The fourth-order valence-electron chi connectivity index (χ4n) is 7.54. The van der Waals surface area contributed by atoms with Gasteiger partial charge in [0.2, 0.25) is 5.91 Å². The third-order valence-electron chi connectivity index (χ3n) is 10.7. The molecule has 0 spiro atoms. The molecule has 3 saturated heterocycles. The van der Waals surface area contributed by atoms with E-state index >= 15 is 0 Å². The van der Waals surface area contributed by atoms with Crippen LogP contribution in [0.3, 0.4) is 0 Å². The van der Waals surface area contributed by atoms with E-state index in [0.29, 0.717) is 36.5 Å². The van der Waals surface area contributed by atoms with Gasteiger partial charge in [-0.1, -0.05) is 19.6 Å². The van der Waals surface area contributed by atoms with Crippen LogP contribution in [-0.4, -0.2) is 66.9 Å². The van der Waals surface area contributed by atoms with E-state index in [-0.39, 0.29) is 48.1 Å². The number of thiol groups is 1. The van der Waals surface area contributed by atoms with Crippen molar-refractivity contribution in [2.24, 2.45) is 17.8 Å². The van der Waals surface area contributed by atoms with Gasteiger partial charge in [-0.05, 0) is 79.3 Å². The second-order valence-electron chi connectivity index (χ2n) is 13.3. The molecule has 7 atom stereocenters. The zero-order valence-corrected chi connectivity index (χ0v) is 26.9. The Morgan fingerprint density at radius 1 is 1.11 bits per heavy atom. The molecule has 6 heterocycles. The van der Waals surface area contributed by atoms with E-state index in [1.54, 1.807) is 6.08 Å². The first kappa shape index (κ1) is 30.1. The number of amides is 2. The SMILES string of the molecule is C=CC1=C(C)[C@@H](Cc2[nH]c(Cc3[nH]c(/C=C4\NC(=O)[C@H](C)[C@H]4[C@H]4C[SH+]4)c(C)c3CCC(=O)O)c(C[C@@H]3[C@H]4O[C@@]34O)c2C)NC1=O. The number of carboxylic acid groups (broad SMARTS) is 1. The molecule has 5 aliphatic rings. The smallest absolute Gasteiger partial charge is 0.303 e. The Morgan fingerprint density at radius 3 is 2.42 bits per heavy atom. The topological polar surface area (TPSA) is 160 Å². The number of epoxide rings is 1. The van der Waals surface area contributed by atoms with Gasteiger partial charge in [0.1, 0.15) is 6.10 Å². The minimum atomic E-state index is -1.01. The average molecular weight is 634 g/mol. The van der Waals surface area contributed by atoms with Gasteiger partial charge in [-0.15, -0.1) is 0 Å². The maximum atomic E-state index is 12.6. The normalized spacial score (nSPS) is 32.2. The van der Waals surface area contributed by atoms with Crippen molar-refractivity contribution >= 4 is 35.6 Å². The third-order valence-corrected chi connectivity index (χ3v) is 11.8. The molecule has 11 heteroatoms. The lowest BCUT2D eigenvalue weighted by atomic mass is 9.91. The molecule has 238 valence electrons. The molecule has 0 unspecified atom stereocenters. The number of aliphatic hydroxyl groups is 1. The Balaban J connectivity index is 1.23. The number of fused-ring (bicyclic) bond motifs is 1. The van der Waals surface area contributed by atoms with Crippen molar-refractivity contribution in [2.75, 3.05) is 5.75 Å². The second kappa shape index (κ2) is 10.8. The number of hydrogen-bond acceptors (Lipinski definition) is 5. The summed E-state index contributed by atoms with van der Waals surface area (Å²) < 4.78 is 5.32. The maximum absolute atomic E-state index is 12.6. The molecule has 4 fully saturated rings. The Hall–Kier alpha value is -3.54. The number of nitrogens with one attached hydrogen (secondary N) is 4. The van der Waals surface area contributed by atoms with Crippen LogP contribution >= 0.6 is 0 Å². The molecule has 2 aromatic heterocycles. The number of carbonyl (C=O) groups excluding carboxylic acids is 2. The van der Waals surface area contributed by atoms with E-state index < -0.39 is 11.8 Å². The number of rotatable bonds is 12. The number of hydrogen-bond donors (Lipinski definition) is 6. The predicted molar refractivity (Wildman–Crippen MR) is 172 cm³/mol. The van der Waals surface area contributed by atoms with Crippen molar-refractivity contribution in [1.29, 1.82) is 0 Å². The summed E-state index contributed by atoms with van der Waals surface area (Å²) in [7, 11) is 0. The highest BCUT2D eigenvalue weighted by Crippen LogP contribution is 2.64. The van der Waals surface area contributed by atoms with Crippen LogP contribution in [0.5, 0.6) is 0 Å². The molecule has 0 radical (unpaired) electrons. The molecule has 6 N–H and O–H groups in total. The van der Waals surface area contributed by atoms with Gasteiger partial charge in [0, 0.05) is 59.2 Å². The highest BCUT2D eigenvalue weighted by atomic mass is 32.2. The van der Waals surface area contributed by atoms with Gasteiger partial charge in [0.05, 0.1) is 17.9 Å². The van der Waals surface area contributed by atoms with E-state index in [1.807, 2.05) is 20.8 Å². The van der Waals surface area contributed by atoms with Gasteiger partial charge >= 0.3 is 5.97 Å². The molecule has 2 amide bonds. The first-order chi connectivity index (χ1) is 21.4. The molecule has 7 rings (SSSR count). The standard InChI is InChI=1S/C34H40N4O6S/c1-6-18-14(2)24(37-33(18)42)10-22-16(4)20(9-21-31-34(21,43)44-31)26(36-22)12-25-19(7-8-29(39)40)15(3)23(35-25)11-27-30(28-13-45-28)17(5)32(41)38-27/h6,11,17,21,24,28,30-31,35-36,43H,1,7-10,12-13H2,2-5H3,(H,37,42)(H,38,41)(H,39,40)/p+1/b27-11-/t17-,21-,24-,28-,30-,31-,34+/m1/s1. The van der Waals surface area contributed by atoms with Gasteiger partial charge in [-0.25, -0.2) is 0 Å². The molecule has 0 bridgehead atoms. The van der Waals surface area contributed by atoms with E-state index in [9.17, 15) is 24.6 Å². The van der Waals surface area contributed by atoms with E-state index in [0.717, 1.165) is 62.1 Å². The highest BCUT2D eigenvalue weighted by molar-refractivity contribution is 7.86. The summed E-state index contributed by atoms with van der Waals surface area (Å²) in [6.07, 6.45) is 5.70. The quantitative estimate of drug-likeness (QED) is 0.120. The van der Waals surface area contributed by atoms with Gasteiger partial charge in [-0.3, -0.25) is 14.4 Å². The molecule has 4 aliphatic heterocycles. The summed E-state index contributed by atoms with van der Waals surface area (Å²) >= 11 is 1.38. The number of ether oxygens (including phenoxy) is 1. The number of aromatic amines is 2. The molecule has 45 heavy (non-hydrogen) atoms. The van der Waals surface area contributed by atoms with Crippen molar-refractivity contribution in [3.05, 3.63) is 74.5 Å². The van der Waals surface area contributed by atoms with Crippen molar-refractivity contribution in [3.63, 3.8) is 0 Å². The van der Waals surface area contributed by atoms with Gasteiger partial charge in [0.25, 0.3) is 5.91 Å². The van der Waals surface area contributed by atoms with Crippen molar-refractivity contribution in [2.45, 2.75) is 83.0 Å². The van der Waals surface area contributed by atoms with Crippen LogP contribution in [0.25, 0.3) is 6.08 Å². The number of aliphatic carboxylic acids is 1. The second-order valence-corrected chi connectivity index (χ2v) is 14.7. The minimum absolute atomic E-state index is 0.00761. The Morgan fingerprint density at radius 2 is 1.82 bits per heavy atom. The van der Waals surface area contributed by atoms with Crippen LogP contribution in [0.4, 0.5) is 0 Å². The summed E-state index contributed by atoms with van der Waals surface area (Å²) in [5, 5.41) is 26.7. The average Bonchev–Trinajstić information content (AvgIpc) is 3.91.